The molecular weight excluding hydrogens is 451 g/mol. The highest BCUT2D eigenvalue weighted by atomic mass is 127. The van der Waals surface area contributed by atoms with Gasteiger partial charge in [-0.15, -0.1) is 24.0 Å². The number of hydrogen-bond acceptors (Lipinski definition) is 3. The van der Waals surface area contributed by atoms with Gasteiger partial charge in [0.2, 0.25) is 10.0 Å². The third kappa shape index (κ3) is 12.2. The van der Waals surface area contributed by atoms with Gasteiger partial charge in [0, 0.05) is 26.7 Å². The molecule has 0 saturated carbocycles. The Morgan fingerprint density at radius 3 is 2.36 bits per heavy atom. The summed E-state index contributed by atoms with van der Waals surface area (Å²) in [4.78, 5) is 4.10. The minimum absolute atomic E-state index is 0. The van der Waals surface area contributed by atoms with Crippen LogP contribution in [0.15, 0.2) is 35.3 Å². The topological polar surface area (TPSA) is 82.6 Å². The molecule has 0 spiro atoms. The Morgan fingerprint density at radius 2 is 1.76 bits per heavy atom. The molecule has 25 heavy (non-hydrogen) atoms. The summed E-state index contributed by atoms with van der Waals surface area (Å²) >= 11 is 0. The number of aliphatic imine (C=N–C) groups is 1. The van der Waals surface area contributed by atoms with E-state index in [0.29, 0.717) is 25.0 Å². The molecule has 0 fully saturated rings. The number of nitrogens with one attached hydrogen (secondary N) is 3. The van der Waals surface area contributed by atoms with Crippen LogP contribution in [-0.2, 0) is 16.6 Å². The van der Waals surface area contributed by atoms with Crippen molar-refractivity contribution in [2.75, 3.05) is 25.9 Å². The molecule has 0 aromatic heterocycles. The lowest BCUT2D eigenvalue weighted by molar-refractivity contribution is 0.549. The third-order valence-corrected chi connectivity index (χ3v) is 4.80. The summed E-state index contributed by atoms with van der Waals surface area (Å²) in [5, 5.41) is 6.22. The normalized spacial score (nSPS) is 11.9. The van der Waals surface area contributed by atoms with E-state index in [1.54, 1.807) is 7.05 Å². The van der Waals surface area contributed by atoms with Gasteiger partial charge in [0.05, 0.1) is 5.75 Å². The molecule has 8 heteroatoms. The van der Waals surface area contributed by atoms with Crippen LogP contribution in [0.1, 0.15) is 32.3 Å². The monoisotopic (exact) mass is 482 g/mol. The van der Waals surface area contributed by atoms with Crippen molar-refractivity contribution in [3.05, 3.63) is 35.9 Å². The van der Waals surface area contributed by atoms with Gasteiger partial charge >= 0.3 is 0 Å². The lowest BCUT2D eigenvalue weighted by atomic mass is 10.1. The summed E-state index contributed by atoms with van der Waals surface area (Å²) in [6, 6.07) is 9.47. The second kappa shape index (κ2) is 13.3. The van der Waals surface area contributed by atoms with E-state index in [4.69, 9.17) is 0 Å². The third-order valence-electron chi connectivity index (χ3n) is 3.48. The Morgan fingerprint density at radius 1 is 1.12 bits per heavy atom. The average molecular weight is 482 g/mol. The van der Waals surface area contributed by atoms with Crippen molar-refractivity contribution in [1.82, 2.24) is 15.4 Å². The SMILES string of the molecule is CN=C(NCCCC(C)C)NCCS(=O)(=O)NCc1ccccc1.I. The van der Waals surface area contributed by atoms with Gasteiger partial charge in [0.1, 0.15) is 0 Å². The van der Waals surface area contributed by atoms with E-state index in [1.807, 2.05) is 30.3 Å². The van der Waals surface area contributed by atoms with Crippen molar-refractivity contribution < 1.29 is 8.42 Å². The van der Waals surface area contributed by atoms with E-state index >= 15 is 0 Å². The molecule has 1 aromatic rings. The van der Waals surface area contributed by atoms with Crippen molar-refractivity contribution in [3.8, 4) is 0 Å². The summed E-state index contributed by atoms with van der Waals surface area (Å²) in [6.45, 7) is 5.84. The maximum absolute atomic E-state index is 12.0. The van der Waals surface area contributed by atoms with Crippen LogP contribution < -0.4 is 15.4 Å². The fourth-order valence-electron chi connectivity index (χ4n) is 2.10. The molecule has 0 aliphatic heterocycles. The van der Waals surface area contributed by atoms with E-state index in [9.17, 15) is 8.42 Å². The van der Waals surface area contributed by atoms with Gasteiger partial charge in [0.25, 0.3) is 0 Å². The van der Waals surface area contributed by atoms with Gasteiger partial charge in [0.15, 0.2) is 5.96 Å². The second-order valence-corrected chi connectivity index (χ2v) is 8.01. The maximum Gasteiger partial charge on any atom is 0.213 e. The highest BCUT2D eigenvalue weighted by Gasteiger charge is 2.10. The summed E-state index contributed by atoms with van der Waals surface area (Å²) in [5.74, 6) is 1.33. The minimum Gasteiger partial charge on any atom is -0.356 e. The smallest absolute Gasteiger partial charge is 0.213 e. The fourth-order valence-corrected chi connectivity index (χ4v) is 3.00. The first-order valence-electron chi connectivity index (χ1n) is 8.38. The predicted molar refractivity (Wildman–Crippen MR) is 116 cm³/mol. The molecule has 6 nitrogen and oxygen atoms in total. The van der Waals surface area contributed by atoms with Crippen LogP contribution in [0, 0.1) is 5.92 Å². The van der Waals surface area contributed by atoms with Crippen LogP contribution in [0.2, 0.25) is 0 Å². The second-order valence-electron chi connectivity index (χ2n) is 6.09. The first-order chi connectivity index (χ1) is 11.4. The predicted octanol–water partition coefficient (Wildman–Crippen LogP) is 2.33. The lowest BCUT2D eigenvalue weighted by Gasteiger charge is -2.13. The zero-order valence-electron chi connectivity index (χ0n) is 15.3. The molecule has 0 bridgehead atoms. The summed E-state index contributed by atoms with van der Waals surface area (Å²) in [6.07, 6.45) is 2.22. The van der Waals surface area contributed by atoms with E-state index in [2.05, 4.69) is 34.2 Å². The number of rotatable bonds is 10. The Kier molecular flexibility index (Phi) is 12.9. The highest BCUT2D eigenvalue weighted by molar-refractivity contribution is 14.0. The van der Waals surface area contributed by atoms with Crippen molar-refractivity contribution in [3.63, 3.8) is 0 Å². The molecule has 0 aliphatic rings. The van der Waals surface area contributed by atoms with Gasteiger partial charge in [-0.2, -0.15) is 0 Å². The van der Waals surface area contributed by atoms with Crippen LogP contribution in [0.25, 0.3) is 0 Å². The number of guanidine groups is 1. The quantitative estimate of drug-likeness (QED) is 0.207. The van der Waals surface area contributed by atoms with Crippen LogP contribution in [0.3, 0.4) is 0 Å². The lowest BCUT2D eigenvalue weighted by Crippen LogP contribution is -2.41. The molecule has 0 heterocycles. The van der Waals surface area contributed by atoms with E-state index < -0.39 is 10.0 Å². The summed E-state index contributed by atoms with van der Waals surface area (Å²) in [7, 11) is -1.63. The Hall–Kier alpha value is -0.870. The van der Waals surface area contributed by atoms with Gasteiger partial charge in [-0.3, -0.25) is 4.99 Å². The molecule has 0 aliphatic carbocycles. The zero-order chi connectivity index (χ0) is 17.8. The number of halogens is 1. The largest absolute Gasteiger partial charge is 0.356 e. The van der Waals surface area contributed by atoms with Crippen LogP contribution >= 0.6 is 24.0 Å². The van der Waals surface area contributed by atoms with Crippen molar-refractivity contribution in [1.29, 1.82) is 0 Å². The molecule has 1 rings (SSSR count). The zero-order valence-corrected chi connectivity index (χ0v) is 18.4. The standard InChI is InChI=1S/C17H30N4O2S.HI/c1-15(2)8-7-11-19-17(18-3)20-12-13-24(22,23)21-14-16-9-5-4-6-10-16;/h4-6,9-10,15,21H,7-8,11-14H2,1-3H3,(H2,18,19,20);1H. The Bertz CT molecular complexity index is 592. The number of nitrogens with zero attached hydrogens (tertiary/aromatic N) is 1. The highest BCUT2D eigenvalue weighted by Crippen LogP contribution is 2.01. The van der Waals surface area contributed by atoms with Crippen molar-refractivity contribution in [2.24, 2.45) is 10.9 Å². The van der Waals surface area contributed by atoms with Crippen LogP contribution in [0.5, 0.6) is 0 Å². The molecule has 1 aromatic carbocycles. The van der Waals surface area contributed by atoms with Crippen molar-refractivity contribution in [2.45, 2.75) is 33.2 Å². The average Bonchev–Trinajstić information content (AvgIpc) is 2.56. The minimum atomic E-state index is -3.32. The molecule has 0 amide bonds. The molecule has 0 radical (unpaired) electrons. The van der Waals surface area contributed by atoms with Gasteiger partial charge in [-0.05, 0) is 24.3 Å². The molecule has 0 unspecified atom stereocenters. The molecule has 0 saturated heterocycles. The Balaban J connectivity index is 0.00000576. The van der Waals surface area contributed by atoms with E-state index in [0.717, 1.165) is 24.9 Å². The molecular formula is C17H31IN4O2S. The first-order valence-corrected chi connectivity index (χ1v) is 10.0. The van der Waals surface area contributed by atoms with E-state index in [1.165, 1.54) is 0 Å². The van der Waals surface area contributed by atoms with Crippen molar-refractivity contribution >= 4 is 40.0 Å². The summed E-state index contributed by atoms with van der Waals surface area (Å²) in [5.41, 5.74) is 0.941. The van der Waals surface area contributed by atoms with E-state index in [-0.39, 0.29) is 29.7 Å². The number of sulfonamides is 1. The maximum atomic E-state index is 12.0. The van der Waals surface area contributed by atoms with Gasteiger partial charge in [-0.25, -0.2) is 13.1 Å². The fraction of sp³-hybridized carbons (Fsp3) is 0.588. The molecule has 0 atom stereocenters. The van der Waals surface area contributed by atoms with Gasteiger partial charge < -0.3 is 10.6 Å². The van der Waals surface area contributed by atoms with Gasteiger partial charge in [-0.1, -0.05) is 44.2 Å². The van der Waals surface area contributed by atoms with Crippen LogP contribution in [0.4, 0.5) is 0 Å². The number of hydrogen-bond donors (Lipinski definition) is 3. The Labute approximate surface area is 169 Å². The number of benzene rings is 1. The first kappa shape index (κ1) is 24.1. The summed E-state index contributed by atoms with van der Waals surface area (Å²) < 4.78 is 26.6. The molecule has 144 valence electrons. The van der Waals surface area contributed by atoms with Crippen LogP contribution in [-0.4, -0.2) is 40.3 Å². The molecule has 3 N–H and O–H groups in total.